The minimum Gasteiger partial charge on any atom is -0.377 e. The monoisotopic (exact) mass is 219 g/mol. The fourth-order valence-corrected chi connectivity index (χ4v) is 2.13. The van der Waals surface area contributed by atoms with Crippen molar-refractivity contribution in [2.45, 2.75) is 44.1 Å². The number of likely N-dealkylation sites (tertiary alicyclic amines) is 1. The van der Waals surface area contributed by atoms with Gasteiger partial charge in [-0.25, -0.2) is 0 Å². The fourth-order valence-electron chi connectivity index (χ4n) is 1.88. The topological polar surface area (TPSA) is 12.5 Å². The Morgan fingerprint density at radius 3 is 2.71 bits per heavy atom. The predicted octanol–water partition coefficient (Wildman–Crippen LogP) is 2.50. The number of alkyl halides is 1. The van der Waals surface area contributed by atoms with Crippen LogP contribution in [0.5, 0.6) is 0 Å². The number of hydrogen-bond acceptors (Lipinski definition) is 2. The van der Waals surface area contributed by atoms with Crippen molar-refractivity contribution in [3.05, 3.63) is 0 Å². The SMILES string of the molecule is COC(C)(C)CN1CCCC(Cl)CC1. The van der Waals surface area contributed by atoms with Crippen LogP contribution < -0.4 is 0 Å². The molecule has 2 nitrogen and oxygen atoms in total. The summed E-state index contributed by atoms with van der Waals surface area (Å²) in [4.78, 5) is 2.46. The molecular formula is C11H22ClNO. The first kappa shape index (κ1) is 12.3. The van der Waals surface area contributed by atoms with Crippen LogP contribution in [0.15, 0.2) is 0 Å². The zero-order chi connectivity index (χ0) is 10.6. The normalized spacial score (nSPS) is 26.1. The third kappa shape index (κ3) is 4.16. The molecule has 1 aliphatic heterocycles. The molecule has 0 aromatic carbocycles. The second-order valence-corrected chi connectivity index (χ2v) is 5.39. The third-order valence-electron chi connectivity index (χ3n) is 2.91. The molecule has 84 valence electrons. The van der Waals surface area contributed by atoms with Crippen LogP contribution in [0.3, 0.4) is 0 Å². The number of rotatable bonds is 3. The number of halogens is 1. The summed E-state index contributed by atoms with van der Waals surface area (Å²) in [6.07, 6.45) is 3.49. The van der Waals surface area contributed by atoms with Gasteiger partial charge in [0.05, 0.1) is 5.60 Å². The maximum absolute atomic E-state index is 6.13. The van der Waals surface area contributed by atoms with E-state index in [0.29, 0.717) is 5.38 Å². The highest BCUT2D eigenvalue weighted by atomic mass is 35.5. The van der Waals surface area contributed by atoms with Gasteiger partial charge >= 0.3 is 0 Å². The highest BCUT2D eigenvalue weighted by molar-refractivity contribution is 6.20. The van der Waals surface area contributed by atoms with E-state index in [2.05, 4.69) is 18.7 Å². The van der Waals surface area contributed by atoms with Crippen LogP contribution in [0.2, 0.25) is 0 Å². The molecule has 1 aliphatic rings. The second kappa shape index (κ2) is 5.34. The standard InChI is InChI=1S/C11H22ClNO/c1-11(2,14-3)9-13-7-4-5-10(12)6-8-13/h10H,4-9H2,1-3H3. The van der Waals surface area contributed by atoms with E-state index >= 15 is 0 Å². The molecule has 0 radical (unpaired) electrons. The van der Waals surface area contributed by atoms with Crippen molar-refractivity contribution in [2.75, 3.05) is 26.7 Å². The van der Waals surface area contributed by atoms with E-state index in [0.717, 1.165) is 32.5 Å². The van der Waals surface area contributed by atoms with Crippen LogP contribution in [-0.2, 0) is 4.74 Å². The molecule has 0 amide bonds. The molecule has 0 N–H and O–H groups in total. The van der Waals surface area contributed by atoms with E-state index in [9.17, 15) is 0 Å². The maximum atomic E-state index is 6.13. The lowest BCUT2D eigenvalue weighted by Crippen LogP contribution is -2.40. The average Bonchev–Trinajstić information content (AvgIpc) is 2.31. The minimum absolute atomic E-state index is 0.0356. The summed E-state index contributed by atoms with van der Waals surface area (Å²) >= 11 is 6.13. The summed E-state index contributed by atoms with van der Waals surface area (Å²) in [6.45, 7) is 7.55. The molecule has 0 saturated carbocycles. The lowest BCUT2D eigenvalue weighted by Gasteiger charge is -2.30. The third-order valence-corrected chi connectivity index (χ3v) is 3.34. The predicted molar refractivity (Wildman–Crippen MR) is 61.0 cm³/mol. The van der Waals surface area contributed by atoms with Gasteiger partial charge in [0.25, 0.3) is 0 Å². The van der Waals surface area contributed by atoms with Gasteiger partial charge < -0.3 is 9.64 Å². The van der Waals surface area contributed by atoms with Crippen molar-refractivity contribution < 1.29 is 4.74 Å². The Kier molecular flexibility index (Phi) is 4.68. The summed E-state index contributed by atoms with van der Waals surface area (Å²) in [5.41, 5.74) is -0.0356. The van der Waals surface area contributed by atoms with E-state index < -0.39 is 0 Å². The second-order valence-electron chi connectivity index (χ2n) is 4.77. The first-order chi connectivity index (χ1) is 6.53. The Labute approximate surface area is 92.6 Å². The largest absolute Gasteiger partial charge is 0.377 e. The van der Waals surface area contributed by atoms with Gasteiger partial charge in [0.15, 0.2) is 0 Å². The van der Waals surface area contributed by atoms with E-state index in [1.54, 1.807) is 7.11 Å². The van der Waals surface area contributed by atoms with Crippen molar-refractivity contribution in [3.8, 4) is 0 Å². The number of nitrogens with zero attached hydrogens (tertiary/aromatic N) is 1. The molecule has 0 aliphatic carbocycles. The fraction of sp³-hybridized carbons (Fsp3) is 1.00. The van der Waals surface area contributed by atoms with Crippen LogP contribution in [0.25, 0.3) is 0 Å². The van der Waals surface area contributed by atoms with Crippen LogP contribution in [0.4, 0.5) is 0 Å². The van der Waals surface area contributed by atoms with Crippen molar-refractivity contribution in [3.63, 3.8) is 0 Å². The maximum Gasteiger partial charge on any atom is 0.0749 e. The zero-order valence-corrected chi connectivity index (χ0v) is 10.3. The number of ether oxygens (including phenoxy) is 1. The lowest BCUT2D eigenvalue weighted by molar-refractivity contribution is -0.00676. The summed E-state index contributed by atoms with van der Waals surface area (Å²) in [5, 5.41) is 0.380. The van der Waals surface area contributed by atoms with Crippen molar-refractivity contribution in [1.82, 2.24) is 4.90 Å². The molecule has 1 rings (SSSR count). The molecule has 1 saturated heterocycles. The number of methoxy groups -OCH3 is 1. The van der Waals surface area contributed by atoms with Crippen LogP contribution in [0.1, 0.15) is 33.1 Å². The molecule has 0 aromatic heterocycles. The van der Waals surface area contributed by atoms with Gasteiger partial charge in [0.1, 0.15) is 0 Å². The van der Waals surface area contributed by atoms with E-state index in [1.165, 1.54) is 6.42 Å². The van der Waals surface area contributed by atoms with E-state index in [-0.39, 0.29) is 5.60 Å². The molecule has 1 unspecified atom stereocenters. The summed E-state index contributed by atoms with van der Waals surface area (Å²) in [7, 11) is 1.78. The van der Waals surface area contributed by atoms with E-state index in [4.69, 9.17) is 16.3 Å². The molecular weight excluding hydrogens is 198 g/mol. The van der Waals surface area contributed by atoms with Gasteiger partial charge in [-0.05, 0) is 46.2 Å². The van der Waals surface area contributed by atoms with Crippen LogP contribution in [0, 0.1) is 0 Å². The molecule has 0 spiro atoms. The molecule has 0 bridgehead atoms. The summed E-state index contributed by atoms with van der Waals surface area (Å²) < 4.78 is 5.43. The minimum atomic E-state index is -0.0356. The van der Waals surface area contributed by atoms with Crippen LogP contribution in [-0.4, -0.2) is 42.6 Å². The summed E-state index contributed by atoms with van der Waals surface area (Å²) in [5.74, 6) is 0. The average molecular weight is 220 g/mol. The quantitative estimate of drug-likeness (QED) is 0.677. The van der Waals surface area contributed by atoms with Gasteiger partial charge in [0, 0.05) is 19.0 Å². The van der Waals surface area contributed by atoms with Gasteiger partial charge in [-0.15, -0.1) is 11.6 Å². The summed E-state index contributed by atoms with van der Waals surface area (Å²) in [6, 6.07) is 0. The van der Waals surface area contributed by atoms with Gasteiger partial charge in [-0.2, -0.15) is 0 Å². The molecule has 14 heavy (non-hydrogen) atoms. The Morgan fingerprint density at radius 1 is 1.36 bits per heavy atom. The smallest absolute Gasteiger partial charge is 0.0749 e. The highest BCUT2D eigenvalue weighted by Gasteiger charge is 2.23. The Morgan fingerprint density at radius 2 is 2.07 bits per heavy atom. The zero-order valence-electron chi connectivity index (χ0n) is 9.55. The van der Waals surface area contributed by atoms with Gasteiger partial charge in [-0.1, -0.05) is 0 Å². The Bertz CT molecular complexity index is 173. The first-order valence-electron chi connectivity index (χ1n) is 5.45. The molecule has 0 aromatic rings. The Hall–Kier alpha value is 0.210. The van der Waals surface area contributed by atoms with E-state index in [1.807, 2.05) is 0 Å². The van der Waals surface area contributed by atoms with Gasteiger partial charge in [-0.3, -0.25) is 0 Å². The molecule has 1 atom stereocenters. The molecule has 1 fully saturated rings. The Balaban J connectivity index is 2.37. The first-order valence-corrected chi connectivity index (χ1v) is 5.89. The van der Waals surface area contributed by atoms with Crippen LogP contribution >= 0.6 is 11.6 Å². The van der Waals surface area contributed by atoms with Crippen molar-refractivity contribution in [2.24, 2.45) is 0 Å². The van der Waals surface area contributed by atoms with Crippen molar-refractivity contribution in [1.29, 1.82) is 0 Å². The lowest BCUT2D eigenvalue weighted by atomic mass is 10.1. The van der Waals surface area contributed by atoms with Crippen molar-refractivity contribution >= 4 is 11.6 Å². The molecule has 1 heterocycles. The molecule has 3 heteroatoms. The highest BCUT2D eigenvalue weighted by Crippen LogP contribution is 2.18. The van der Waals surface area contributed by atoms with Gasteiger partial charge in [0.2, 0.25) is 0 Å². The number of hydrogen-bond donors (Lipinski definition) is 0.